The van der Waals surface area contributed by atoms with E-state index in [4.69, 9.17) is 4.74 Å². The predicted molar refractivity (Wildman–Crippen MR) is 117 cm³/mol. The summed E-state index contributed by atoms with van der Waals surface area (Å²) >= 11 is 0. The molecule has 3 heterocycles. The average Bonchev–Trinajstić information content (AvgIpc) is 3.45. The van der Waals surface area contributed by atoms with Crippen molar-refractivity contribution in [3.05, 3.63) is 57.0 Å². The lowest BCUT2D eigenvalue weighted by molar-refractivity contribution is -0.116. The highest BCUT2D eigenvalue weighted by molar-refractivity contribution is 6.03. The molecule has 0 radical (unpaired) electrons. The number of amides is 2. The number of carbonyl (C=O) groups excluding carboxylic acids is 2. The van der Waals surface area contributed by atoms with Gasteiger partial charge in [-0.2, -0.15) is 0 Å². The van der Waals surface area contributed by atoms with Crippen LogP contribution in [0, 0.1) is 0 Å². The maximum absolute atomic E-state index is 12.7. The predicted octanol–water partition coefficient (Wildman–Crippen LogP) is -0.0188. The molecule has 0 unspecified atom stereocenters. The van der Waals surface area contributed by atoms with Crippen molar-refractivity contribution in [3.8, 4) is 0 Å². The largest absolute Gasteiger partial charge is 0.376 e. The molecule has 11 heteroatoms. The highest BCUT2D eigenvalue weighted by atomic mass is 16.5. The van der Waals surface area contributed by atoms with Gasteiger partial charge in [0.1, 0.15) is 6.54 Å². The number of rotatable bonds is 6. The van der Waals surface area contributed by atoms with Gasteiger partial charge in [0.15, 0.2) is 11.2 Å². The molecular formula is C21H24N6O5. The molecule has 3 aromatic rings. The van der Waals surface area contributed by atoms with Crippen molar-refractivity contribution in [1.29, 1.82) is 0 Å². The normalized spacial score (nSPS) is 15.8. The molecule has 1 aliphatic heterocycles. The first-order chi connectivity index (χ1) is 15.4. The second-order valence-corrected chi connectivity index (χ2v) is 7.69. The van der Waals surface area contributed by atoms with Crippen LogP contribution in [0.1, 0.15) is 23.2 Å². The van der Waals surface area contributed by atoms with Crippen molar-refractivity contribution in [1.82, 2.24) is 24.0 Å². The topological polar surface area (TPSA) is 129 Å². The Balaban J connectivity index is 1.51. The van der Waals surface area contributed by atoms with Gasteiger partial charge in [0.25, 0.3) is 11.5 Å². The maximum atomic E-state index is 12.7. The molecule has 0 spiro atoms. The highest BCUT2D eigenvalue weighted by Crippen LogP contribution is 2.16. The van der Waals surface area contributed by atoms with Crippen LogP contribution in [0.15, 0.2) is 40.2 Å². The van der Waals surface area contributed by atoms with Gasteiger partial charge in [-0.25, -0.2) is 9.78 Å². The van der Waals surface area contributed by atoms with Gasteiger partial charge in [-0.3, -0.25) is 23.5 Å². The zero-order valence-electron chi connectivity index (χ0n) is 17.8. The Kier molecular flexibility index (Phi) is 5.91. The molecule has 2 amide bonds. The van der Waals surface area contributed by atoms with Gasteiger partial charge in [0.05, 0.1) is 23.7 Å². The summed E-state index contributed by atoms with van der Waals surface area (Å²) in [6.45, 7) is 0.896. The molecule has 1 atom stereocenters. The van der Waals surface area contributed by atoms with Gasteiger partial charge >= 0.3 is 5.69 Å². The molecule has 1 saturated heterocycles. The van der Waals surface area contributed by atoms with Crippen molar-refractivity contribution in [2.75, 3.05) is 18.5 Å². The lowest BCUT2D eigenvalue weighted by Gasteiger charge is -2.14. The average molecular weight is 440 g/mol. The molecular weight excluding hydrogens is 416 g/mol. The number of imidazole rings is 1. The summed E-state index contributed by atoms with van der Waals surface area (Å²) in [5, 5.41) is 5.57. The van der Waals surface area contributed by atoms with E-state index in [1.165, 1.54) is 29.6 Å². The summed E-state index contributed by atoms with van der Waals surface area (Å²) < 4.78 is 9.11. The van der Waals surface area contributed by atoms with Crippen LogP contribution in [-0.2, 0) is 30.2 Å². The molecule has 168 valence electrons. The number of nitrogens with one attached hydrogen (secondary N) is 2. The number of hydrogen-bond acceptors (Lipinski definition) is 6. The van der Waals surface area contributed by atoms with Crippen LogP contribution in [0.5, 0.6) is 0 Å². The quantitative estimate of drug-likeness (QED) is 0.554. The van der Waals surface area contributed by atoms with Gasteiger partial charge in [0.2, 0.25) is 5.91 Å². The molecule has 1 aliphatic rings. The van der Waals surface area contributed by atoms with Crippen molar-refractivity contribution in [2.45, 2.75) is 25.5 Å². The summed E-state index contributed by atoms with van der Waals surface area (Å²) in [7, 11) is 2.87. The molecule has 0 bridgehead atoms. The lowest BCUT2D eigenvalue weighted by Crippen LogP contribution is -2.37. The molecule has 0 saturated carbocycles. The number of aryl methyl sites for hydroxylation is 1. The zero-order valence-corrected chi connectivity index (χ0v) is 17.8. The van der Waals surface area contributed by atoms with Crippen LogP contribution in [0.3, 0.4) is 0 Å². The maximum Gasteiger partial charge on any atom is 0.332 e. The molecule has 32 heavy (non-hydrogen) atoms. The minimum Gasteiger partial charge on any atom is -0.376 e. The number of benzene rings is 1. The van der Waals surface area contributed by atoms with Crippen LogP contribution in [-0.4, -0.2) is 49.8 Å². The van der Waals surface area contributed by atoms with Crippen molar-refractivity contribution < 1.29 is 14.3 Å². The van der Waals surface area contributed by atoms with E-state index >= 15 is 0 Å². The molecule has 1 fully saturated rings. The summed E-state index contributed by atoms with van der Waals surface area (Å²) in [6, 6.07) is 6.68. The molecule has 4 rings (SSSR count). The molecule has 2 aromatic heterocycles. The first kappa shape index (κ1) is 21.5. The van der Waals surface area contributed by atoms with Gasteiger partial charge in [0, 0.05) is 27.2 Å². The number of fused-ring (bicyclic) bond motifs is 1. The van der Waals surface area contributed by atoms with E-state index in [1.54, 1.807) is 24.3 Å². The fraction of sp³-hybridized carbons (Fsp3) is 0.381. The van der Waals surface area contributed by atoms with Crippen LogP contribution >= 0.6 is 0 Å². The number of nitrogens with zero attached hydrogens (tertiary/aromatic N) is 4. The number of hydrogen-bond donors (Lipinski definition) is 2. The minimum absolute atomic E-state index is 0.00815. The number of carbonyl (C=O) groups is 2. The van der Waals surface area contributed by atoms with Crippen LogP contribution in [0.2, 0.25) is 0 Å². The molecule has 11 nitrogen and oxygen atoms in total. The molecule has 0 aliphatic carbocycles. The van der Waals surface area contributed by atoms with E-state index < -0.39 is 17.2 Å². The third-order valence-corrected chi connectivity index (χ3v) is 5.49. The van der Waals surface area contributed by atoms with E-state index in [1.807, 2.05) is 0 Å². The summed E-state index contributed by atoms with van der Waals surface area (Å²) in [4.78, 5) is 54.1. The van der Waals surface area contributed by atoms with Crippen molar-refractivity contribution in [3.63, 3.8) is 0 Å². The Bertz CT molecular complexity index is 1300. The minimum atomic E-state index is -0.540. The van der Waals surface area contributed by atoms with Crippen LogP contribution in [0.4, 0.5) is 5.69 Å². The smallest absolute Gasteiger partial charge is 0.332 e. The first-order valence-electron chi connectivity index (χ1n) is 10.3. The third-order valence-electron chi connectivity index (χ3n) is 5.49. The number of anilines is 1. The Hall–Kier alpha value is -3.73. The summed E-state index contributed by atoms with van der Waals surface area (Å²) in [5.74, 6) is -0.757. The van der Waals surface area contributed by atoms with Gasteiger partial charge < -0.3 is 19.9 Å². The van der Waals surface area contributed by atoms with E-state index in [2.05, 4.69) is 15.6 Å². The standard InChI is InChI=1S/C21H24N6O5/c1-25-18-17(20(30)26(2)21(25)31)27(12-23-18)11-16(28)24-15-8-4-3-7-14(15)19(29)22-10-13-6-5-9-32-13/h3-4,7-8,12-13H,5-6,9-11H2,1-2H3,(H,22,29)(H,24,28)/t13-/m1/s1. The van der Waals surface area contributed by atoms with Crippen LogP contribution < -0.4 is 21.9 Å². The van der Waals surface area contributed by atoms with Gasteiger partial charge in [-0.1, -0.05) is 12.1 Å². The summed E-state index contributed by atoms with van der Waals surface area (Å²) in [5.41, 5.74) is -0.0192. The Morgan fingerprint density at radius 1 is 1.19 bits per heavy atom. The second-order valence-electron chi connectivity index (χ2n) is 7.69. The van der Waals surface area contributed by atoms with Crippen molar-refractivity contribution >= 4 is 28.7 Å². The molecule has 2 N–H and O–H groups in total. The number of ether oxygens (including phenoxy) is 1. The van der Waals surface area contributed by atoms with Gasteiger partial charge in [-0.15, -0.1) is 0 Å². The second kappa shape index (κ2) is 8.79. The van der Waals surface area contributed by atoms with Crippen LogP contribution in [0.25, 0.3) is 11.2 Å². The molecule has 1 aromatic carbocycles. The SMILES string of the molecule is Cn1c(=O)c2c(ncn2CC(=O)Nc2ccccc2C(=O)NC[C@H]2CCCO2)n(C)c1=O. The monoisotopic (exact) mass is 440 g/mol. The Morgan fingerprint density at radius 2 is 1.97 bits per heavy atom. The lowest BCUT2D eigenvalue weighted by atomic mass is 10.1. The van der Waals surface area contributed by atoms with Crippen molar-refractivity contribution in [2.24, 2.45) is 14.1 Å². The summed E-state index contributed by atoms with van der Waals surface area (Å²) in [6.07, 6.45) is 3.23. The number of aromatic nitrogens is 4. The van der Waals surface area contributed by atoms with E-state index in [0.717, 1.165) is 17.4 Å². The van der Waals surface area contributed by atoms with E-state index in [0.29, 0.717) is 24.4 Å². The third kappa shape index (κ3) is 4.06. The number of para-hydroxylation sites is 1. The van der Waals surface area contributed by atoms with E-state index in [-0.39, 0.29) is 29.7 Å². The highest BCUT2D eigenvalue weighted by Gasteiger charge is 2.20. The first-order valence-corrected chi connectivity index (χ1v) is 10.3. The Morgan fingerprint density at radius 3 is 2.72 bits per heavy atom. The zero-order chi connectivity index (χ0) is 22.8. The fourth-order valence-electron chi connectivity index (χ4n) is 3.76. The van der Waals surface area contributed by atoms with Gasteiger partial charge in [-0.05, 0) is 25.0 Å². The fourth-order valence-corrected chi connectivity index (χ4v) is 3.76. The van der Waals surface area contributed by atoms with E-state index in [9.17, 15) is 19.2 Å². The Labute approximate surface area is 182 Å².